The summed E-state index contributed by atoms with van der Waals surface area (Å²) < 4.78 is 9.34. The Bertz CT molecular complexity index is 3140. The number of hydrogen-bond acceptors (Lipinski definition) is 3. The molecule has 274 valence electrons. The van der Waals surface area contributed by atoms with Gasteiger partial charge in [0.25, 0.3) is 0 Å². The average molecular weight is 744 g/mol. The van der Waals surface area contributed by atoms with Crippen LogP contribution >= 0.6 is 0 Å². The average Bonchev–Trinajstić information content (AvgIpc) is 3.87. The fourth-order valence-corrected chi connectivity index (χ4v) is 8.48. The largest absolute Gasteiger partial charge is 0.455 e. The van der Waals surface area contributed by atoms with Crippen molar-refractivity contribution in [3.05, 3.63) is 229 Å². The van der Waals surface area contributed by atoms with Gasteiger partial charge in [0.1, 0.15) is 17.5 Å². The standard InChI is InChI=1S/C54H37N3O/c1-5-15-36(16-6-1)37-25-27-38(28-26-37)46-35-47(56-54(55-46)42-21-11-4-12-22-42)39-29-31-43(32-30-39)57-48-24-14-13-23-44(48)51-49(57)34-33-45-50(40-17-7-2-8-18-40)52(58-53(45)51)41-19-9-3-10-20-41/h1-35,54-55H. The number of allylic oxidation sites excluding steroid dienone is 1. The van der Waals surface area contributed by atoms with Crippen molar-refractivity contribution in [2.45, 2.75) is 6.17 Å². The Hall–Kier alpha value is -7.69. The van der Waals surface area contributed by atoms with E-state index in [0.717, 1.165) is 89.0 Å². The van der Waals surface area contributed by atoms with E-state index < -0.39 is 0 Å². The normalized spacial score (nSPS) is 14.0. The van der Waals surface area contributed by atoms with E-state index in [4.69, 9.17) is 9.41 Å². The maximum atomic E-state index is 6.99. The molecule has 4 nitrogen and oxygen atoms in total. The summed E-state index contributed by atoms with van der Waals surface area (Å²) in [5, 5.41) is 7.08. The molecule has 1 aliphatic heterocycles. The zero-order valence-corrected chi connectivity index (χ0v) is 31.6. The zero-order valence-electron chi connectivity index (χ0n) is 31.6. The van der Waals surface area contributed by atoms with Crippen LogP contribution in [-0.2, 0) is 0 Å². The number of hydrogen-bond donors (Lipinski definition) is 1. The third-order valence-electron chi connectivity index (χ3n) is 11.3. The molecular formula is C54H37N3O. The monoisotopic (exact) mass is 743 g/mol. The van der Waals surface area contributed by atoms with Crippen LogP contribution in [0.3, 0.4) is 0 Å². The number of nitrogens with zero attached hydrogens (tertiary/aromatic N) is 2. The highest BCUT2D eigenvalue weighted by molar-refractivity contribution is 6.22. The first-order valence-electron chi connectivity index (χ1n) is 19.7. The molecule has 1 N–H and O–H groups in total. The smallest absolute Gasteiger partial charge is 0.145 e. The molecule has 1 aliphatic rings. The summed E-state index contributed by atoms with van der Waals surface area (Å²) in [6, 6.07) is 72.7. The number of nitrogens with one attached hydrogen (secondary N) is 1. The van der Waals surface area contributed by atoms with Gasteiger partial charge in [-0.1, -0.05) is 176 Å². The molecule has 10 aromatic rings. The molecule has 0 aliphatic carbocycles. The van der Waals surface area contributed by atoms with Gasteiger partial charge >= 0.3 is 0 Å². The molecule has 0 saturated carbocycles. The van der Waals surface area contributed by atoms with Crippen LogP contribution < -0.4 is 5.32 Å². The van der Waals surface area contributed by atoms with Crippen LogP contribution in [0.1, 0.15) is 22.9 Å². The molecule has 0 fully saturated rings. The molecule has 0 bridgehead atoms. The Morgan fingerprint density at radius 3 is 1.72 bits per heavy atom. The second-order valence-electron chi connectivity index (χ2n) is 14.7. The second kappa shape index (κ2) is 14.1. The second-order valence-corrected chi connectivity index (χ2v) is 14.7. The molecule has 11 rings (SSSR count). The zero-order chi connectivity index (χ0) is 38.4. The van der Waals surface area contributed by atoms with Crippen molar-refractivity contribution in [1.82, 2.24) is 9.88 Å². The molecule has 0 amide bonds. The van der Waals surface area contributed by atoms with Crippen molar-refractivity contribution in [1.29, 1.82) is 0 Å². The van der Waals surface area contributed by atoms with Gasteiger partial charge in [-0.3, -0.25) is 4.99 Å². The van der Waals surface area contributed by atoms with Gasteiger partial charge in [0, 0.05) is 33.3 Å². The summed E-state index contributed by atoms with van der Waals surface area (Å²) in [6.45, 7) is 0. The van der Waals surface area contributed by atoms with Crippen molar-refractivity contribution >= 4 is 44.2 Å². The predicted octanol–water partition coefficient (Wildman–Crippen LogP) is 13.7. The minimum atomic E-state index is -0.223. The van der Waals surface area contributed by atoms with E-state index in [2.05, 4.69) is 210 Å². The summed E-state index contributed by atoms with van der Waals surface area (Å²) in [7, 11) is 0. The van der Waals surface area contributed by atoms with E-state index in [9.17, 15) is 0 Å². The molecular weight excluding hydrogens is 707 g/mol. The lowest BCUT2D eigenvalue weighted by atomic mass is 9.98. The van der Waals surface area contributed by atoms with Crippen LogP contribution in [0.2, 0.25) is 0 Å². The summed E-state index contributed by atoms with van der Waals surface area (Å²) in [5.41, 5.74) is 15.1. The van der Waals surface area contributed by atoms with Gasteiger partial charge in [0.05, 0.1) is 22.1 Å². The van der Waals surface area contributed by atoms with Gasteiger partial charge < -0.3 is 14.3 Å². The SMILES string of the molecule is C1=C(c2ccc(-c3ccccc3)cc2)NC(c2ccccc2)N=C1c1ccc(-n2c3ccccc3c3c4oc(-c5ccccc5)c(-c5ccccc5)c4ccc32)cc1. The molecule has 0 spiro atoms. The highest BCUT2D eigenvalue weighted by Crippen LogP contribution is 2.46. The van der Waals surface area contributed by atoms with E-state index in [1.54, 1.807) is 0 Å². The number of furan rings is 1. The van der Waals surface area contributed by atoms with E-state index in [0.29, 0.717) is 0 Å². The fraction of sp³-hybridized carbons (Fsp3) is 0.0185. The third kappa shape index (κ3) is 5.82. The number of para-hydroxylation sites is 1. The molecule has 3 heterocycles. The van der Waals surface area contributed by atoms with Gasteiger partial charge in [-0.15, -0.1) is 0 Å². The van der Waals surface area contributed by atoms with Crippen molar-refractivity contribution in [3.63, 3.8) is 0 Å². The first kappa shape index (κ1) is 33.6. The highest BCUT2D eigenvalue weighted by Gasteiger charge is 2.24. The van der Waals surface area contributed by atoms with Crippen molar-refractivity contribution in [2.24, 2.45) is 4.99 Å². The first-order chi connectivity index (χ1) is 28.8. The highest BCUT2D eigenvalue weighted by atomic mass is 16.3. The van der Waals surface area contributed by atoms with Gasteiger partial charge in [-0.05, 0) is 69.8 Å². The van der Waals surface area contributed by atoms with Crippen LogP contribution in [-0.4, -0.2) is 10.3 Å². The molecule has 1 unspecified atom stereocenters. The van der Waals surface area contributed by atoms with Crippen molar-refractivity contribution in [3.8, 4) is 39.3 Å². The number of aromatic nitrogens is 1. The van der Waals surface area contributed by atoms with Crippen LogP contribution in [0.15, 0.2) is 222 Å². The molecule has 4 heteroatoms. The van der Waals surface area contributed by atoms with Gasteiger partial charge in [0.15, 0.2) is 0 Å². The summed E-state index contributed by atoms with van der Waals surface area (Å²) in [6.07, 6.45) is 1.95. The Morgan fingerprint density at radius 2 is 1.02 bits per heavy atom. The molecule has 1 atom stereocenters. The summed E-state index contributed by atoms with van der Waals surface area (Å²) in [4.78, 5) is 5.26. The summed E-state index contributed by atoms with van der Waals surface area (Å²) in [5.74, 6) is 0.881. The Balaban J connectivity index is 1.02. The lowest BCUT2D eigenvalue weighted by Gasteiger charge is -2.25. The maximum Gasteiger partial charge on any atom is 0.145 e. The van der Waals surface area contributed by atoms with Gasteiger partial charge in [0.2, 0.25) is 0 Å². The summed E-state index contributed by atoms with van der Waals surface area (Å²) >= 11 is 0. The number of benzene rings is 8. The molecule has 2 aromatic heterocycles. The van der Waals surface area contributed by atoms with Crippen LogP contribution in [0.25, 0.3) is 77.7 Å². The first-order valence-corrected chi connectivity index (χ1v) is 19.7. The maximum absolute atomic E-state index is 6.99. The Kier molecular flexibility index (Phi) is 8.18. The third-order valence-corrected chi connectivity index (χ3v) is 11.3. The van der Waals surface area contributed by atoms with E-state index in [-0.39, 0.29) is 6.17 Å². The minimum Gasteiger partial charge on any atom is -0.455 e. The lowest BCUT2D eigenvalue weighted by Crippen LogP contribution is -2.24. The van der Waals surface area contributed by atoms with Gasteiger partial charge in [-0.25, -0.2) is 0 Å². The van der Waals surface area contributed by atoms with Crippen LogP contribution in [0.5, 0.6) is 0 Å². The van der Waals surface area contributed by atoms with Gasteiger partial charge in [-0.2, -0.15) is 0 Å². The molecule has 0 saturated heterocycles. The Morgan fingerprint density at radius 1 is 0.448 bits per heavy atom. The number of fused-ring (bicyclic) bond motifs is 5. The van der Waals surface area contributed by atoms with Crippen molar-refractivity contribution in [2.75, 3.05) is 0 Å². The molecule has 0 radical (unpaired) electrons. The number of aliphatic imine (C=N–C) groups is 1. The van der Waals surface area contributed by atoms with E-state index >= 15 is 0 Å². The number of rotatable bonds is 7. The quantitative estimate of drug-likeness (QED) is 0.177. The topological polar surface area (TPSA) is 42.5 Å². The van der Waals surface area contributed by atoms with E-state index in [1.807, 2.05) is 12.1 Å². The van der Waals surface area contributed by atoms with Crippen LogP contribution in [0, 0.1) is 0 Å². The Labute approximate surface area is 336 Å². The molecule has 58 heavy (non-hydrogen) atoms. The minimum absolute atomic E-state index is 0.223. The predicted molar refractivity (Wildman–Crippen MR) is 240 cm³/mol. The lowest BCUT2D eigenvalue weighted by molar-refractivity contribution is 0.636. The van der Waals surface area contributed by atoms with Crippen LogP contribution in [0.4, 0.5) is 0 Å². The van der Waals surface area contributed by atoms with Crippen molar-refractivity contribution < 1.29 is 4.42 Å². The van der Waals surface area contributed by atoms with E-state index in [1.165, 1.54) is 11.1 Å². The fourth-order valence-electron chi connectivity index (χ4n) is 8.48. The molecule has 8 aromatic carbocycles.